The average molecular weight is 487 g/mol. The molecule has 0 amide bonds. The van der Waals surface area contributed by atoms with Crippen LogP contribution in [0.25, 0.3) is 0 Å². The van der Waals surface area contributed by atoms with Crippen LogP contribution >= 0.6 is 15.9 Å². The van der Waals surface area contributed by atoms with Crippen molar-refractivity contribution < 1.29 is 35.8 Å². The maximum atomic E-state index is 12.1. The van der Waals surface area contributed by atoms with Gasteiger partial charge in [0.05, 0.1) is 0 Å². The molecule has 0 saturated carbocycles. The monoisotopic (exact) mass is 486 g/mol. The number of hydrogen-bond donors (Lipinski definition) is 1. The summed E-state index contributed by atoms with van der Waals surface area (Å²) < 4.78 is 79.2. The molecule has 1 saturated heterocycles. The van der Waals surface area contributed by atoms with Gasteiger partial charge in [-0.3, -0.25) is 0 Å². The molecule has 11 heteroatoms. The summed E-state index contributed by atoms with van der Waals surface area (Å²) in [5, 5.41) is 3.18. The van der Waals surface area contributed by atoms with Crippen LogP contribution in [0.1, 0.15) is 0 Å². The quantitative estimate of drug-likeness (QED) is 0.593. The highest BCUT2D eigenvalue weighted by molar-refractivity contribution is 9.10. The minimum Gasteiger partial charge on any atom is -0.406 e. The third-order valence-corrected chi connectivity index (χ3v) is 4.06. The highest BCUT2D eigenvalue weighted by Gasteiger charge is 2.31. The minimum absolute atomic E-state index is 0.173. The van der Waals surface area contributed by atoms with E-state index in [1.165, 1.54) is 30.3 Å². The highest BCUT2D eigenvalue weighted by atomic mass is 79.9. The van der Waals surface area contributed by atoms with E-state index in [1.54, 1.807) is 18.2 Å². The zero-order valence-corrected chi connectivity index (χ0v) is 16.4. The number of hydrogen-bond acceptors (Lipinski definition) is 4. The second kappa shape index (κ2) is 10.1. The standard InChI is InChI=1S/C11H13F3N2O.C7H4BrF3O/c12-11(13,14)17-10-3-1-2-9(8-10)16-6-4-15-5-7-16;8-5-2-1-3-6(4-5)12-7(9,10)11/h1-3,8,15H,4-7H2;1-4H. The van der Waals surface area contributed by atoms with Crippen molar-refractivity contribution in [2.45, 2.75) is 12.7 Å². The number of nitrogens with one attached hydrogen (secondary N) is 1. The lowest BCUT2D eigenvalue weighted by Gasteiger charge is -2.29. The van der Waals surface area contributed by atoms with Gasteiger partial charge in [0.25, 0.3) is 0 Å². The Bertz CT molecular complexity index is 779. The van der Waals surface area contributed by atoms with Crippen LogP contribution in [0.5, 0.6) is 11.5 Å². The average Bonchev–Trinajstić information content (AvgIpc) is 2.60. The van der Waals surface area contributed by atoms with E-state index in [-0.39, 0.29) is 11.5 Å². The molecule has 29 heavy (non-hydrogen) atoms. The first-order chi connectivity index (χ1) is 13.5. The largest absolute Gasteiger partial charge is 0.573 e. The predicted molar refractivity (Wildman–Crippen MR) is 99.0 cm³/mol. The lowest BCUT2D eigenvalue weighted by molar-refractivity contribution is -0.275. The summed E-state index contributed by atoms with van der Waals surface area (Å²) in [5.74, 6) is -0.398. The number of benzene rings is 2. The summed E-state index contributed by atoms with van der Waals surface area (Å²) in [6, 6.07) is 11.6. The van der Waals surface area contributed by atoms with Crippen molar-refractivity contribution in [3.05, 3.63) is 53.0 Å². The van der Waals surface area contributed by atoms with Crippen molar-refractivity contribution in [1.29, 1.82) is 0 Å². The molecule has 1 aliphatic rings. The molecule has 2 aromatic carbocycles. The van der Waals surface area contributed by atoms with Crippen LogP contribution in [0.3, 0.4) is 0 Å². The van der Waals surface area contributed by atoms with Crippen LogP contribution < -0.4 is 19.7 Å². The lowest BCUT2D eigenvalue weighted by Crippen LogP contribution is -2.43. The van der Waals surface area contributed by atoms with E-state index in [0.29, 0.717) is 4.47 Å². The van der Waals surface area contributed by atoms with Crippen molar-refractivity contribution in [3.8, 4) is 11.5 Å². The second-order valence-electron chi connectivity index (χ2n) is 5.79. The van der Waals surface area contributed by atoms with Crippen LogP contribution in [0, 0.1) is 0 Å². The van der Waals surface area contributed by atoms with Gasteiger partial charge in [-0.05, 0) is 30.3 Å². The topological polar surface area (TPSA) is 33.7 Å². The zero-order valence-electron chi connectivity index (χ0n) is 14.9. The molecular weight excluding hydrogens is 470 g/mol. The van der Waals surface area contributed by atoms with Gasteiger partial charge in [-0.1, -0.05) is 28.1 Å². The fourth-order valence-electron chi connectivity index (χ4n) is 2.46. The third-order valence-electron chi connectivity index (χ3n) is 3.56. The van der Waals surface area contributed by atoms with Gasteiger partial charge in [0, 0.05) is 42.4 Å². The summed E-state index contributed by atoms with van der Waals surface area (Å²) >= 11 is 3.02. The minimum atomic E-state index is -4.64. The van der Waals surface area contributed by atoms with E-state index in [9.17, 15) is 26.3 Å². The van der Waals surface area contributed by atoms with Crippen LogP contribution in [-0.4, -0.2) is 38.9 Å². The van der Waals surface area contributed by atoms with Crippen molar-refractivity contribution >= 4 is 21.6 Å². The third kappa shape index (κ3) is 9.27. The Morgan fingerprint density at radius 1 is 0.793 bits per heavy atom. The van der Waals surface area contributed by atoms with Gasteiger partial charge in [-0.15, -0.1) is 26.3 Å². The van der Waals surface area contributed by atoms with E-state index in [0.717, 1.165) is 31.9 Å². The summed E-state index contributed by atoms with van der Waals surface area (Å²) in [5.41, 5.74) is 0.758. The zero-order chi connectivity index (χ0) is 21.5. The number of halogens is 7. The number of alkyl halides is 6. The van der Waals surface area contributed by atoms with Crippen LogP contribution in [0.15, 0.2) is 53.0 Å². The first-order valence-corrected chi connectivity index (χ1v) is 9.14. The fourth-order valence-corrected chi connectivity index (χ4v) is 2.84. The summed E-state index contributed by atoms with van der Waals surface area (Å²) in [7, 11) is 0. The molecular formula is C18H17BrF6N2O2. The van der Waals surface area contributed by atoms with Crippen molar-refractivity contribution in [2.75, 3.05) is 31.1 Å². The molecule has 0 atom stereocenters. The smallest absolute Gasteiger partial charge is 0.406 e. The molecule has 0 aliphatic carbocycles. The first kappa shape index (κ1) is 23.1. The normalized spacial score (nSPS) is 14.7. The Balaban J connectivity index is 0.000000221. The predicted octanol–water partition coefficient (Wildman–Crippen LogP) is 5.34. The van der Waals surface area contributed by atoms with E-state index < -0.39 is 12.7 Å². The maximum absolute atomic E-state index is 12.1. The van der Waals surface area contributed by atoms with Crippen molar-refractivity contribution in [1.82, 2.24) is 5.32 Å². The molecule has 160 valence electrons. The fraction of sp³-hybridized carbons (Fsp3) is 0.333. The van der Waals surface area contributed by atoms with E-state index in [4.69, 9.17) is 0 Å². The molecule has 1 aliphatic heterocycles. The molecule has 0 spiro atoms. The summed E-state index contributed by atoms with van der Waals surface area (Å²) in [4.78, 5) is 2.03. The van der Waals surface area contributed by atoms with Crippen LogP contribution in [0.2, 0.25) is 0 Å². The molecule has 1 fully saturated rings. The molecule has 0 unspecified atom stereocenters. The van der Waals surface area contributed by atoms with Gasteiger partial charge in [-0.2, -0.15) is 0 Å². The van der Waals surface area contributed by atoms with Gasteiger partial charge in [0.15, 0.2) is 0 Å². The Morgan fingerprint density at radius 2 is 1.31 bits per heavy atom. The van der Waals surface area contributed by atoms with Gasteiger partial charge in [0.2, 0.25) is 0 Å². The molecule has 0 aromatic heterocycles. The number of rotatable bonds is 3. The lowest BCUT2D eigenvalue weighted by atomic mass is 10.2. The van der Waals surface area contributed by atoms with E-state index >= 15 is 0 Å². The number of anilines is 1. The SMILES string of the molecule is FC(F)(F)Oc1cccc(Br)c1.FC(F)(F)Oc1cccc(N2CCNCC2)c1. The molecule has 0 bridgehead atoms. The van der Waals surface area contributed by atoms with E-state index in [2.05, 4.69) is 30.7 Å². The van der Waals surface area contributed by atoms with Gasteiger partial charge in [-0.25, -0.2) is 0 Å². The Hall–Kier alpha value is -2.14. The Kier molecular flexibility index (Phi) is 8.03. The number of nitrogens with zero attached hydrogens (tertiary/aromatic N) is 1. The number of ether oxygens (including phenoxy) is 2. The molecule has 4 nitrogen and oxygen atoms in total. The van der Waals surface area contributed by atoms with Crippen molar-refractivity contribution in [2.24, 2.45) is 0 Å². The Labute approximate surface area is 171 Å². The molecule has 0 radical (unpaired) electrons. The van der Waals surface area contributed by atoms with Gasteiger partial charge in [0.1, 0.15) is 11.5 Å². The maximum Gasteiger partial charge on any atom is 0.573 e. The highest BCUT2D eigenvalue weighted by Crippen LogP contribution is 2.27. The molecule has 1 N–H and O–H groups in total. The van der Waals surface area contributed by atoms with Crippen molar-refractivity contribution in [3.63, 3.8) is 0 Å². The molecule has 1 heterocycles. The summed E-state index contributed by atoms with van der Waals surface area (Å²) in [6.45, 7) is 3.25. The first-order valence-electron chi connectivity index (χ1n) is 8.35. The number of piperazine rings is 1. The van der Waals surface area contributed by atoms with Crippen LogP contribution in [0.4, 0.5) is 32.0 Å². The van der Waals surface area contributed by atoms with E-state index in [1.807, 2.05) is 4.90 Å². The second-order valence-corrected chi connectivity index (χ2v) is 6.70. The van der Waals surface area contributed by atoms with Gasteiger partial charge < -0.3 is 19.7 Å². The van der Waals surface area contributed by atoms with Crippen LogP contribution in [-0.2, 0) is 0 Å². The molecule has 3 rings (SSSR count). The summed E-state index contributed by atoms with van der Waals surface area (Å²) in [6.07, 6.45) is -9.26. The molecule has 2 aromatic rings. The Morgan fingerprint density at radius 3 is 1.83 bits per heavy atom. The van der Waals surface area contributed by atoms with Gasteiger partial charge >= 0.3 is 12.7 Å².